The van der Waals surface area contributed by atoms with Crippen molar-refractivity contribution >= 4 is 34.5 Å². The van der Waals surface area contributed by atoms with Crippen LogP contribution in [0.25, 0.3) is 28.0 Å². The SMILES string of the molecule is COc1cccc(F)c1-c1nc2c(cc1C1CC1)c(N1C[C@@H](C)N(C(=O)OC(C)(C)C)C[C@@H]1C(=O)O)c([N+](=O)[O-])c(=O)n2-c1c(C)ccnc1C(C)C. The Balaban J connectivity index is 1.75. The van der Waals surface area contributed by atoms with E-state index in [9.17, 15) is 29.6 Å². The summed E-state index contributed by atoms with van der Waals surface area (Å²) in [6.45, 7) is 11.7. The summed E-state index contributed by atoms with van der Waals surface area (Å²) in [5, 5.41) is 23.9. The molecule has 280 valence electrons. The van der Waals surface area contributed by atoms with Crippen LogP contribution in [-0.4, -0.2) is 79.4 Å². The average Bonchev–Trinajstić information content (AvgIpc) is 3.92. The number of pyridine rings is 3. The largest absolute Gasteiger partial charge is 0.496 e. The minimum atomic E-state index is -1.52. The first-order valence-corrected chi connectivity index (χ1v) is 17.5. The van der Waals surface area contributed by atoms with Gasteiger partial charge in [0.1, 0.15) is 28.9 Å². The monoisotopic (exact) mass is 730 g/mol. The number of hydrogen-bond acceptors (Lipinski definition) is 10. The van der Waals surface area contributed by atoms with Crippen molar-refractivity contribution in [1.82, 2.24) is 19.4 Å². The summed E-state index contributed by atoms with van der Waals surface area (Å²) >= 11 is 0. The number of aromatic nitrogens is 3. The van der Waals surface area contributed by atoms with Crippen LogP contribution >= 0.6 is 0 Å². The van der Waals surface area contributed by atoms with Crippen molar-refractivity contribution in [3.05, 3.63) is 79.6 Å². The number of piperazine rings is 1. The topological polar surface area (TPSA) is 170 Å². The van der Waals surface area contributed by atoms with Gasteiger partial charge in [-0.2, -0.15) is 0 Å². The van der Waals surface area contributed by atoms with Gasteiger partial charge in [0.15, 0.2) is 5.65 Å². The molecule has 2 atom stereocenters. The van der Waals surface area contributed by atoms with Gasteiger partial charge in [-0.1, -0.05) is 19.9 Å². The molecule has 6 rings (SSSR count). The number of ether oxygens (including phenoxy) is 2. The first kappa shape index (κ1) is 37.2. The summed E-state index contributed by atoms with van der Waals surface area (Å²) in [5.41, 5.74) is -0.931. The Morgan fingerprint density at radius 3 is 2.42 bits per heavy atom. The Morgan fingerprint density at radius 1 is 1.13 bits per heavy atom. The number of carboxylic acid groups (broad SMARTS) is 1. The van der Waals surface area contributed by atoms with Crippen LogP contribution in [0.5, 0.6) is 5.75 Å². The van der Waals surface area contributed by atoms with Gasteiger partial charge < -0.3 is 24.4 Å². The maximum absolute atomic E-state index is 15.8. The second-order valence-electron chi connectivity index (χ2n) is 15.0. The highest BCUT2D eigenvalue weighted by atomic mass is 19.1. The number of halogens is 1. The van der Waals surface area contributed by atoms with E-state index in [-0.39, 0.29) is 64.3 Å². The predicted molar refractivity (Wildman–Crippen MR) is 196 cm³/mol. The van der Waals surface area contributed by atoms with E-state index in [1.54, 1.807) is 59.0 Å². The van der Waals surface area contributed by atoms with Crippen molar-refractivity contribution in [2.45, 2.75) is 90.8 Å². The van der Waals surface area contributed by atoms with Gasteiger partial charge in [-0.05, 0) is 94.7 Å². The number of fused-ring (bicyclic) bond motifs is 1. The molecule has 1 aliphatic heterocycles. The Morgan fingerprint density at radius 2 is 1.83 bits per heavy atom. The Labute approximate surface area is 305 Å². The molecule has 4 aromatic rings. The van der Waals surface area contributed by atoms with Gasteiger partial charge in [-0.25, -0.2) is 19.0 Å². The van der Waals surface area contributed by atoms with E-state index in [0.29, 0.717) is 16.8 Å². The molecule has 53 heavy (non-hydrogen) atoms. The molecule has 3 aromatic heterocycles. The van der Waals surface area contributed by atoms with E-state index in [4.69, 9.17) is 14.5 Å². The zero-order valence-electron chi connectivity index (χ0n) is 31.0. The third-order valence-corrected chi connectivity index (χ3v) is 9.62. The minimum Gasteiger partial charge on any atom is -0.496 e. The first-order chi connectivity index (χ1) is 24.9. The fourth-order valence-electron chi connectivity index (χ4n) is 7.06. The molecule has 4 heterocycles. The maximum atomic E-state index is 15.8. The number of nitro groups is 1. The van der Waals surface area contributed by atoms with Crippen LogP contribution in [0.1, 0.15) is 83.0 Å². The molecule has 14 nitrogen and oxygen atoms in total. The van der Waals surface area contributed by atoms with Gasteiger partial charge in [0, 0.05) is 24.2 Å². The zero-order chi connectivity index (χ0) is 38.7. The molecular formula is C38H43FN6O8. The Kier molecular flexibility index (Phi) is 9.64. The van der Waals surface area contributed by atoms with Crippen molar-refractivity contribution in [1.29, 1.82) is 0 Å². The molecular weight excluding hydrogens is 687 g/mol. The Hall–Kier alpha value is -5.60. The summed E-state index contributed by atoms with van der Waals surface area (Å²) < 4.78 is 28.1. The first-order valence-electron chi connectivity index (χ1n) is 17.5. The molecule has 2 fully saturated rings. The van der Waals surface area contributed by atoms with Crippen LogP contribution in [0.15, 0.2) is 41.3 Å². The van der Waals surface area contributed by atoms with Gasteiger partial charge in [0.25, 0.3) is 0 Å². The molecule has 1 saturated carbocycles. The summed E-state index contributed by atoms with van der Waals surface area (Å²) in [7, 11) is 1.41. The minimum absolute atomic E-state index is 0.0512. The lowest BCUT2D eigenvalue weighted by molar-refractivity contribution is -0.385. The number of amides is 1. The quantitative estimate of drug-likeness (QED) is 0.151. The van der Waals surface area contributed by atoms with Gasteiger partial charge in [-0.3, -0.25) is 24.5 Å². The standard InChI is InChI=1S/C38H43FN6O8/c1-19(2)29-31(20(3)14-15-40-29)44-34-24(16-23(22-12-13-22)30(41-34)28-25(39)10-9-11-27(28)52-8)32(33(35(44)46)45(50)51)43-17-21(4)42(18-26(43)36(47)48)37(49)53-38(5,6)7/h9-11,14-16,19,21-22,26H,12-13,17-18H2,1-8H3,(H,47,48)/t21-,26-/m1/s1. The number of rotatable bonds is 8. The zero-order valence-corrected chi connectivity index (χ0v) is 31.0. The van der Waals surface area contributed by atoms with Crippen LogP contribution in [0.4, 0.5) is 20.6 Å². The van der Waals surface area contributed by atoms with Gasteiger partial charge >= 0.3 is 23.3 Å². The molecule has 1 amide bonds. The van der Waals surface area contributed by atoms with Crippen molar-refractivity contribution in [3.8, 4) is 22.7 Å². The molecule has 0 spiro atoms. The van der Waals surface area contributed by atoms with E-state index in [0.717, 1.165) is 17.4 Å². The van der Waals surface area contributed by atoms with Crippen molar-refractivity contribution in [2.75, 3.05) is 25.1 Å². The van der Waals surface area contributed by atoms with E-state index < -0.39 is 51.7 Å². The molecule has 1 aliphatic carbocycles. The smallest absolute Gasteiger partial charge is 0.410 e. The lowest BCUT2D eigenvalue weighted by atomic mass is 9.97. The average molecular weight is 731 g/mol. The number of methoxy groups -OCH3 is 1. The molecule has 0 bridgehead atoms. The number of aryl methyl sites for hydroxylation is 1. The van der Waals surface area contributed by atoms with E-state index in [2.05, 4.69) is 4.98 Å². The molecule has 0 unspecified atom stereocenters. The van der Waals surface area contributed by atoms with Gasteiger partial charge in [0.05, 0.1) is 41.2 Å². The highest BCUT2D eigenvalue weighted by molar-refractivity contribution is 6.00. The number of benzene rings is 1. The maximum Gasteiger partial charge on any atom is 0.410 e. The summed E-state index contributed by atoms with van der Waals surface area (Å²) in [5.74, 6) is -2.12. The summed E-state index contributed by atoms with van der Waals surface area (Å²) in [6, 6.07) is 5.52. The van der Waals surface area contributed by atoms with Crippen molar-refractivity contribution < 1.29 is 33.5 Å². The fraction of sp³-hybridized carbons (Fsp3) is 0.447. The number of hydrogen-bond donors (Lipinski definition) is 1. The molecule has 1 aromatic carbocycles. The summed E-state index contributed by atoms with van der Waals surface area (Å²) in [4.78, 5) is 65.7. The lowest BCUT2D eigenvalue weighted by Gasteiger charge is -2.44. The van der Waals surface area contributed by atoms with Crippen molar-refractivity contribution in [3.63, 3.8) is 0 Å². The number of aliphatic carboxylic acids is 1. The van der Waals surface area contributed by atoms with Crippen LogP contribution in [-0.2, 0) is 9.53 Å². The van der Waals surface area contributed by atoms with Gasteiger partial charge in [0.2, 0.25) is 0 Å². The number of anilines is 1. The third-order valence-electron chi connectivity index (χ3n) is 9.62. The van der Waals surface area contributed by atoms with Gasteiger partial charge in [-0.15, -0.1) is 0 Å². The fourth-order valence-corrected chi connectivity index (χ4v) is 7.06. The highest BCUT2D eigenvalue weighted by Gasteiger charge is 2.45. The second-order valence-corrected chi connectivity index (χ2v) is 15.0. The summed E-state index contributed by atoms with van der Waals surface area (Å²) in [6.07, 6.45) is 2.31. The van der Waals surface area contributed by atoms with Crippen LogP contribution in [0, 0.1) is 22.9 Å². The number of nitrogens with zero attached hydrogens (tertiary/aromatic N) is 6. The van der Waals surface area contributed by atoms with E-state index in [1.807, 2.05) is 13.8 Å². The molecule has 1 saturated heterocycles. The Bertz CT molecular complexity index is 2210. The van der Waals surface area contributed by atoms with E-state index in [1.165, 1.54) is 29.0 Å². The number of carbonyl (C=O) groups excluding carboxylic acids is 1. The molecule has 0 radical (unpaired) electrons. The molecule has 15 heteroatoms. The van der Waals surface area contributed by atoms with Crippen LogP contribution in [0.2, 0.25) is 0 Å². The number of carbonyl (C=O) groups is 2. The third kappa shape index (κ3) is 6.75. The second kappa shape index (κ2) is 13.7. The van der Waals surface area contributed by atoms with Crippen molar-refractivity contribution in [2.24, 2.45) is 0 Å². The van der Waals surface area contributed by atoms with E-state index >= 15 is 4.39 Å². The molecule has 1 N–H and O–H groups in total. The normalized spacial score (nSPS) is 17.7. The molecule has 2 aliphatic rings. The highest BCUT2D eigenvalue weighted by Crippen LogP contribution is 2.49. The number of carboxylic acids is 1. The van der Waals surface area contributed by atoms with Crippen LogP contribution < -0.4 is 15.2 Å². The van der Waals surface area contributed by atoms with Crippen LogP contribution in [0.3, 0.4) is 0 Å². The lowest BCUT2D eigenvalue weighted by Crippen LogP contribution is -2.62. The predicted octanol–water partition coefficient (Wildman–Crippen LogP) is 6.71.